The first-order valence-corrected chi connectivity index (χ1v) is 5.64. The molecule has 16 heavy (non-hydrogen) atoms. The molecular weight excluding hydrogens is 205 g/mol. The average Bonchev–Trinajstić information content (AvgIpc) is 2.19. The molecule has 0 aliphatic rings. The Kier molecular flexibility index (Phi) is 5.45. The summed E-state index contributed by atoms with van der Waals surface area (Å²) in [5.74, 6) is -1.87. The fourth-order valence-electron chi connectivity index (χ4n) is 1.42. The number of hydrogen-bond donors (Lipinski definition) is 2. The molecule has 0 bridgehead atoms. The minimum absolute atomic E-state index is 0.0324. The summed E-state index contributed by atoms with van der Waals surface area (Å²) >= 11 is 0. The third-order valence-corrected chi connectivity index (χ3v) is 2.22. The molecule has 0 fully saturated rings. The van der Waals surface area contributed by atoms with Crippen molar-refractivity contribution in [3.63, 3.8) is 0 Å². The summed E-state index contributed by atoms with van der Waals surface area (Å²) in [4.78, 5) is 0. The number of halogens is 1. The molecule has 3 heteroatoms. The van der Waals surface area contributed by atoms with Gasteiger partial charge in [-0.05, 0) is 18.4 Å². The maximum atomic E-state index is 13.4. The van der Waals surface area contributed by atoms with E-state index in [4.69, 9.17) is 5.73 Å². The van der Waals surface area contributed by atoms with Crippen LogP contribution in [-0.4, -0.2) is 5.11 Å². The molecule has 1 unspecified atom stereocenters. The quantitative estimate of drug-likeness (QED) is 0.758. The van der Waals surface area contributed by atoms with Crippen LogP contribution in [0.3, 0.4) is 0 Å². The van der Waals surface area contributed by atoms with Crippen LogP contribution in [0.4, 0.5) is 4.39 Å². The highest BCUT2D eigenvalue weighted by Gasteiger charge is 2.25. The van der Waals surface area contributed by atoms with E-state index in [2.05, 4.69) is 0 Å². The lowest BCUT2D eigenvalue weighted by molar-refractivity contribution is 0.196. The summed E-state index contributed by atoms with van der Waals surface area (Å²) in [6.45, 7) is 9.10. The highest BCUT2D eigenvalue weighted by atomic mass is 19.1. The Bertz CT molecular complexity index is 329. The van der Waals surface area contributed by atoms with Crippen molar-refractivity contribution in [1.82, 2.24) is 0 Å². The SMILES string of the molecule is CC.CC(C)c1cccc(C(C)(N)F)c1O. The van der Waals surface area contributed by atoms with Gasteiger partial charge in [0.2, 0.25) is 0 Å². The van der Waals surface area contributed by atoms with Gasteiger partial charge in [-0.15, -0.1) is 0 Å². The van der Waals surface area contributed by atoms with Crippen LogP contribution in [0.15, 0.2) is 18.2 Å². The number of rotatable bonds is 2. The number of para-hydroxylation sites is 1. The summed E-state index contributed by atoms with van der Waals surface area (Å²) in [6, 6.07) is 4.98. The molecule has 0 radical (unpaired) electrons. The molecular formula is C13H22FNO. The molecule has 0 heterocycles. The minimum Gasteiger partial charge on any atom is -0.507 e. The largest absolute Gasteiger partial charge is 0.507 e. The van der Waals surface area contributed by atoms with E-state index in [1.165, 1.54) is 13.0 Å². The summed E-state index contributed by atoms with van der Waals surface area (Å²) in [5, 5.41) is 9.77. The molecule has 1 aromatic rings. The molecule has 3 N–H and O–H groups in total. The van der Waals surface area contributed by atoms with Crippen LogP contribution >= 0.6 is 0 Å². The molecule has 0 aromatic heterocycles. The zero-order chi connectivity index (χ0) is 12.9. The number of hydrogen-bond acceptors (Lipinski definition) is 2. The lowest BCUT2D eigenvalue weighted by atomic mass is 9.96. The fraction of sp³-hybridized carbons (Fsp3) is 0.538. The van der Waals surface area contributed by atoms with Crippen LogP contribution in [0.1, 0.15) is 51.7 Å². The van der Waals surface area contributed by atoms with E-state index in [0.29, 0.717) is 0 Å². The molecule has 1 aromatic carbocycles. The highest BCUT2D eigenvalue weighted by molar-refractivity contribution is 5.44. The summed E-state index contributed by atoms with van der Waals surface area (Å²) in [6.07, 6.45) is 0. The number of phenolic OH excluding ortho intramolecular Hbond substituents is 1. The second kappa shape index (κ2) is 5.85. The molecule has 0 spiro atoms. The van der Waals surface area contributed by atoms with Crippen molar-refractivity contribution in [2.24, 2.45) is 5.73 Å². The monoisotopic (exact) mass is 227 g/mol. The van der Waals surface area contributed by atoms with Crippen LogP contribution in [0.25, 0.3) is 0 Å². The Labute approximate surface area is 97.3 Å². The zero-order valence-electron chi connectivity index (χ0n) is 10.7. The first-order valence-electron chi connectivity index (χ1n) is 5.64. The van der Waals surface area contributed by atoms with Gasteiger partial charge in [0.15, 0.2) is 5.79 Å². The standard InChI is InChI=1S/C11H16FNO.C2H6/c1-7(2)8-5-4-6-9(10(8)14)11(3,12)13;1-2/h4-7,14H,13H2,1-3H3;1-2H3. The van der Waals surface area contributed by atoms with E-state index in [1.807, 2.05) is 27.7 Å². The van der Waals surface area contributed by atoms with E-state index < -0.39 is 5.79 Å². The minimum atomic E-state index is -1.99. The molecule has 92 valence electrons. The van der Waals surface area contributed by atoms with Crippen molar-refractivity contribution in [3.8, 4) is 5.75 Å². The van der Waals surface area contributed by atoms with Gasteiger partial charge >= 0.3 is 0 Å². The van der Waals surface area contributed by atoms with Gasteiger partial charge in [0, 0.05) is 5.56 Å². The predicted octanol–water partition coefficient (Wildman–Crippen LogP) is 3.64. The Morgan fingerprint density at radius 1 is 1.31 bits per heavy atom. The van der Waals surface area contributed by atoms with Crippen molar-refractivity contribution in [2.45, 2.75) is 46.3 Å². The topological polar surface area (TPSA) is 46.2 Å². The Morgan fingerprint density at radius 2 is 1.81 bits per heavy atom. The van der Waals surface area contributed by atoms with Gasteiger partial charge < -0.3 is 5.11 Å². The Morgan fingerprint density at radius 3 is 2.19 bits per heavy atom. The third kappa shape index (κ3) is 3.49. The van der Waals surface area contributed by atoms with E-state index in [-0.39, 0.29) is 17.2 Å². The average molecular weight is 227 g/mol. The van der Waals surface area contributed by atoms with Gasteiger partial charge in [-0.2, -0.15) is 0 Å². The van der Waals surface area contributed by atoms with Crippen LogP contribution in [0, 0.1) is 0 Å². The fourth-order valence-corrected chi connectivity index (χ4v) is 1.42. The number of phenols is 1. The van der Waals surface area contributed by atoms with E-state index in [0.717, 1.165) is 5.56 Å². The molecule has 0 amide bonds. The van der Waals surface area contributed by atoms with Crippen molar-refractivity contribution >= 4 is 0 Å². The van der Waals surface area contributed by atoms with E-state index in [9.17, 15) is 9.50 Å². The highest BCUT2D eigenvalue weighted by Crippen LogP contribution is 2.34. The van der Waals surface area contributed by atoms with E-state index in [1.54, 1.807) is 12.1 Å². The molecule has 0 saturated heterocycles. The van der Waals surface area contributed by atoms with E-state index >= 15 is 0 Å². The molecule has 0 aliphatic carbocycles. The zero-order valence-corrected chi connectivity index (χ0v) is 10.7. The van der Waals surface area contributed by atoms with Crippen LogP contribution in [0.5, 0.6) is 5.75 Å². The Balaban J connectivity index is 0.00000106. The number of aromatic hydroxyl groups is 1. The van der Waals surface area contributed by atoms with Crippen molar-refractivity contribution in [1.29, 1.82) is 0 Å². The maximum absolute atomic E-state index is 13.4. The molecule has 1 atom stereocenters. The van der Waals surface area contributed by atoms with Crippen molar-refractivity contribution in [3.05, 3.63) is 29.3 Å². The second-order valence-corrected chi connectivity index (χ2v) is 3.97. The van der Waals surface area contributed by atoms with Crippen molar-refractivity contribution < 1.29 is 9.50 Å². The molecule has 0 saturated carbocycles. The summed E-state index contributed by atoms with van der Waals surface area (Å²) in [7, 11) is 0. The van der Waals surface area contributed by atoms with Gasteiger partial charge in [0.1, 0.15) is 5.75 Å². The second-order valence-electron chi connectivity index (χ2n) is 3.97. The number of benzene rings is 1. The number of nitrogens with two attached hydrogens (primary N) is 1. The lowest BCUT2D eigenvalue weighted by Gasteiger charge is -2.19. The molecule has 2 nitrogen and oxygen atoms in total. The van der Waals surface area contributed by atoms with Gasteiger partial charge in [-0.3, -0.25) is 5.73 Å². The maximum Gasteiger partial charge on any atom is 0.185 e. The smallest absolute Gasteiger partial charge is 0.185 e. The van der Waals surface area contributed by atoms with Crippen molar-refractivity contribution in [2.75, 3.05) is 0 Å². The van der Waals surface area contributed by atoms with Crippen LogP contribution in [0.2, 0.25) is 0 Å². The summed E-state index contributed by atoms with van der Waals surface area (Å²) < 4.78 is 13.4. The summed E-state index contributed by atoms with van der Waals surface area (Å²) in [5.41, 5.74) is 6.16. The van der Waals surface area contributed by atoms with Crippen LogP contribution in [-0.2, 0) is 5.79 Å². The third-order valence-electron chi connectivity index (χ3n) is 2.22. The van der Waals surface area contributed by atoms with Crippen LogP contribution < -0.4 is 5.73 Å². The first-order chi connectivity index (χ1) is 7.34. The number of alkyl halides is 1. The lowest BCUT2D eigenvalue weighted by Crippen LogP contribution is -2.27. The van der Waals surface area contributed by atoms with Gasteiger partial charge in [-0.1, -0.05) is 45.9 Å². The molecule has 0 aliphatic heterocycles. The van der Waals surface area contributed by atoms with Gasteiger partial charge in [0.25, 0.3) is 0 Å². The van der Waals surface area contributed by atoms with Gasteiger partial charge in [0.05, 0.1) is 0 Å². The predicted molar refractivity (Wildman–Crippen MR) is 66.2 cm³/mol. The Hall–Kier alpha value is -1.09. The van der Waals surface area contributed by atoms with Gasteiger partial charge in [-0.25, -0.2) is 4.39 Å². The normalized spacial score (nSPS) is 14.0. The molecule has 1 rings (SSSR count). The first kappa shape index (κ1) is 14.9.